The summed E-state index contributed by atoms with van der Waals surface area (Å²) >= 11 is 0. The molecule has 3 aliphatic rings. The molecule has 3 aliphatic carbocycles. The molecule has 0 saturated carbocycles. The lowest BCUT2D eigenvalue weighted by atomic mass is 9.65. The zero-order chi connectivity index (χ0) is 25.9. The molecule has 1 heteroatoms. The number of hydrogen-bond donors (Lipinski definition) is 0. The van der Waals surface area contributed by atoms with Crippen LogP contribution in [0.3, 0.4) is 0 Å². The fraction of sp³-hybridized carbons (Fsp3) is 0.351. The quantitative estimate of drug-likeness (QED) is 0.194. The van der Waals surface area contributed by atoms with Crippen molar-refractivity contribution in [3.8, 4) is 16.9 Å². The van der Waals surface area contributed by atoms with Crippen LogP contribution in [0.25, 0.3) is 11.1 Å². The number of ether oxygens (including phenoxy) is 1. The summed E-state index contributed by atoms with van der Waals surface area (Å²) in [5.41, 5.74) is 16.7. The van der Waals surface area contributed by atoms with Gasteiger partial charge in [0.05, 0.1) is 12.0 Å². The predicted molar refractivity (Wildman–Crippen MR) is 158 cm³/mol. The van der Waals surface area contributed by atoms with Crippen LogP contribution in [0.2, 0.25) is 0 Å². The Balaban J connectivity index is 1.45. The second kappa shape index (κ2) is 9.16. The Kier molecular flexibility index (Phi) is 5.73. The van der Waals surface area contributed by atoms with E-state index in [2.05, 4.69) is 87.5 Å². The minimum absolute atomic E-state index is 0.309. The number of fused-ring (bicyclic) bond motifs is 5. The summed E-state index contributed by atoms with van der Waals surface area (Å²) in [5, 5.41) is 0. The standard InChI is InChI=1S/C37H38O/c1-4-5-6-7-18-38-36-23-33-32-17-8-24(2)19-34(32)37(35(33)20-25(36)3,30-15-13-26-9-11-28(26)21-30)31-16-14-27-10-12-29(27)22-31/h8,13-17,19-23H,4-7,9-12,18H2,1-3H3. The van der Waals surface area contributed by atoms with E-state index >= 15 is 0 Å². The largest absolute Gasteiger partial charge is 0.493 e. The van der Waals surface area contributed by atoms with Crippen molar-refractivity contribution in [2.24, 2.45) is 0 Å². The number of rotatable bonds is 8. The smallest absolute Gasteiger partial charge is 0.122 e. The van der Waals surface area contributed by atoms with E-state index in [9.17, 15) is 0 Å². The van der Waals surface area contributed by atoms with Crippen LogP contribution >= 0.6 is 0 Å². The third-order valence-electron chi connectivity index (χ3n) is 9.45. The van der Waals surface area contributed by atoms with E-state index in [1.165, 1.54) is 112 Å². The lowest BCUT2D eigenvalue weighted by Gasteiger charge is -2.37. The Morgan fingerprint density at radius 1 is 0.632 bits per heavy atom. The maximum atomic E-state index is 6.41. The van der Waals surface area contributed by atoms with E-state index in [-0.39, 0.29) is 5.41 Å². The fourth-order valence-electron chi connectivity index (χ4n) is 7.08. The molecular weight excluding hydrogens is 460 g/mol. The van der Waals surface area contributed by atoms with Gasteiger partial charge in [-0.3, -0.25) is 0 Å². The van der Waals surface area contributed by atoms with E-state index in [0.717, 1.165) is 18.8 Å². The third-order valence-corrected chi connectivity index (χ3v) is 9.45. The van der Waals surface area contributed by atoms with Crippen molar-refractivity contribution in [1.82, 2.24) is 0 Å². The highest BCUT2D eigenvalue weighted by Gasteiger charge is 2.47. The van der Waals surface area contributed by atoms with Gasteiger partial charge in [0.2, 0.25) is 0 Å². The van der Waals surface area contributed by atoms with Gasteiger partial charge in [0, 0.05) is 0 Å². The summed E-state index contributed by atoms with van der Waals surface area (Å²) in [6.45, 7) is 7.52. The molecule has 0 heterocycles. The maximum absolute atomic E-state index is 6.41. The van der Waals surface area contributed by atoms with Crippen molar-refractivity contribution in [2.45, 2.75) is 77.6 Å². The van der Waals surface area contributed by atoms with Gasteiger partial charge in [0.1, 0.15) is 5.75 Å². The van der Waals surface area contributed by atoms with Crippen LogP contribution in [-0.4, -0.2) is 6.61 Å². The minimum Gasteiger partial charge on any atom is -0.493 e. The molecule has 0 aromatic heterocycles. The highest BCUT2D eigenvalue weighted by Crippen LogP contribution is 2.58. The molecule has 38 heavy (non-hydrogen) atoms. The molecule has 0 spiro atoms. The van der Waals surface area contributed by atoms with Gasteiger partial charge in [-0.05, 0) is 113 Å². The molecule has 4 aromatic rings. The summed E-state index contributed by atoms with van der Waals surface area (Å²) in [7, 11) is 0. The first-order valence-electron chi connectivity index (χ1n) is 14.7. The molecule has 0 aliphatic heterocycles. The molecule has 1 nitrogen and oxygen atoms in total. The molecule has 0 radical (unpaired) electrons. The van der Waals surface area contributed by atoms with E-state index in [4.69, 9.17) is 4.74 Å². The molecule has 0 bridgehead atoms. The van der Waals surface area contributed by atoms with Crippen LogP contribution in [0.1, 0.15) is 88.2 Å². The fourth-order valence-corrected chi connectivity index (χ4v) is 7.08. The van der Waals surface area contributed by atoms with E-state index < -0.39 is 0 Å². The normalized spacial score (nSPS) is 15.6. The molecule has 7 rings (SSSR count). The van der Waals surface area contributed by atoms with Crippen molar-refractivity contribution in [2.75, 3.05) is 6.61 Å². The number of benzene rings is 4. The molecule has 0 N–H and O–H groups in total. The van der Waals surface area contributed by atoms with Gasteiger partial charge in [-0.1, -0.05) is 92.4 Å². The minimum atomic E-state index is -0.309. The molecule has 0 atom stereocenters. The van der Waals surface area contributed by atoms with Crippen molar-refractivity contribution in [3.05, 3.63) is 122 Å². The first-order valence-corrected chi connectivity index (χ1v) is 14.7. The summed E-state index contributed by atoms with van der Waals surface area (Å²) in [6.07, 6.45) is 9.71. The molecule has 0 saturated heterocycles. The van der Waals surface area contributed by atoms with E-state index in [1.807, 2.05) is 0 Å². The van der Waals surface area contributed by atoms with Crippen molar-refractivity contribution >= 4 is 0 Å². The molecule has 192 valence electrons. The highest BCUT2D eigenvalue weighted by atomic mass is 16.5. The Labute approximate surface area is 227 Å². The van der Waals surface area contributed by atoms with Gasteiger partial charge in [0.25, 0.3) is 0 Å². The van der Waals surface area contributed by atoms with Gasteiger partial charge >= 0.3 is 0 Å². The Morgan fingerprint density at radius 3 is 1.89 bits per heavy atom. The number of unbranched alkanes of at least 4 members (excludes halogenated alkanes) is 3. The molecular formula is C37H38O. The van der Waals surface area contributed by atoms with Crippen molar-refractivity contribution in [3.63, 3.8) is 0 Å². The second-order valence-electron chi connectivity index (χ2n) is 11.8. The number of aryl methyl sites for hydroxylation is 6. The van der Waals surface area contributed by atoms with Gasteiger partial charge in [0.15, 0.2) is 0 Å². The zero-order valence-corrected chi connectivity index (χ0v) is 23.1. The van der Waals surface area contributed by atoms with Gasteiger partial charge in [-0.25, -0.2) is 0 Å². The first-order chi connectivity index (χ1) is 18.6. The summed E-state index contributed by atoms with van der Waals surface area (Å²) in [5.74, 6) is 1.04. The van der Waals surface area contributed by atoms with Crippen LogP contribution in [-0.2, 0) is 31.1 Å². The van der Waals surface area contributed by atoms with Crippen LogP contribution in [0.15, 0.2) is 66.7 Å². The summed E-state index contributed by atoms with van der Waals surface area (Å²) in [4.78, 5) is 0. The van der Waals surface area contributed by atoms with Gasteiger partial charge in [-0.15, -0.1) is 0 Å². The monoisotopic (exact) mass is 498 g/mol. The topological polar surface area (TPSA) is 9.23 Å². The summed E-state index contributed by atoms with van der Waals surface area (Å²) in [6, 6.07) is 26.6. The van der Waals surface area contributed by atoms with E-state index in [0.29, 0.717) is 0 Å². The van der Waals surface area contributed by atoms with Crippen LogP contribution in [0, 0.1) is 13.8 Å². The molecule has 0 fully saturated rings. The van der Waals surface area contributed by atoms with Crippen LogP contribution < -0.4 is 4.74 Å². The molecule has 0 amide bonds. The molecule has 0 unspecified atom stereocenters. The van der Waals surface area contributed by atoms with Crippen molar-refractivity contribution in [1.29, 1.82) is 0 Å². The lowest BCUT2D eigenvalue weighted by molar-refractivity contribution is 0.303. The number of hydrogen-bond acceptors (Lipinski definition) is 1. The second-order valence-corrected chi connectivity index (χ2v) is 11.8. The average molecular weight is 499 g/mol. The third kappa shape index (κ3) is 3.51. The predicted octanol–water partition coefficient (Wildman–Crippen LogP) is 8.82. The zero-order valence-electron chi connectivity index (χ0n) is 23.1. The van der Waals surface area contributed by atoms with Crippen molar-refractivity contribution < 1.29 is 4.74 Å². The Bertz CT molecular complexity index is 1500. The van der Waals surface area contributed by atoms with Crippen LogP contribution in [0.4, 0.5) is 0 Å². The Hall–Kier alpha value is -3.32. The maximum Gasteiger partial charge on any atom is 0.122 e. The van der Waals surface area contributed by atoms with Crippen LogP contribution in [0.5, 0.6) is 5.75 Å². The first kappa shape index (κ1) is 23.8. The SMILES string of the molecule is CCCCCCOc1cc2c(cc1C)C(c1ccc3c(c1)CC3)(c1ccc3c(c1)CC3)c1cc(C)ccc1-2. The summed E-state index contributed by atoms with van der Waals surface area (Å²) < 4.78 is 6.41. The van der Waals surface area contributed by atoms with E-state index in [1.54, 1.807) is 0 Å². The molecule has 4 aromatic carbocycles. The lowest BCUT2D eigenvalue weighted by Crippen LogP contribution is -2.30. The van der Waals surface area contributed by atoms with Gasteiger partial charge < -0.3 is 4.74 Å². The average Bonchev–Trinajstić information content (AvgIpc) is 3.14. The Morgan fingerprint density at radius 2 is 1.29 bits per heavy atom. The highest BCUT2D eigenvalue weighted by molar-refractivity contribution is 5.88. The van der Waals surface area contributed by atoms with Gasteiger partial charge in [-0.2, -0.15) is 0 Å².